The maximum Gasteiger partial charge on any atom is 0.310 e. The average Bonchev–Trinajstić information content (AvgIpc) is 2.45. The van der Waals surface area contributed by atoms with Gasteiger partial charge >= 0.3 is 5.97 Å². The van der Waals surface area contributed by atoms with E-state index in [1.54, 1.807) is 0 Å². The molecule has 5 nitrogen and oxygen atoms in total. The van der Waals surface area contributed by atoms with Gasteiger partial charge in [-0.25, -0.2) is 0 Å². The molecule has 0 spiro atoms. The molecule has 2 N–H and O–H groups in total. The molecule has 0 aromatic heterocycles. The summed E-state index contributed by atoms with van der Waals surface area (Å²) in [6.07, 6.45) is 3.48. The Morgan fingerprint density at radius 2 is 1.91 bits per heavy atom. The van der Waals surface area contributed by atoms with E-state index >= 15 is 0 Å². The van der Waals surface area contributed by atoms with Gasteiger partial charge in [-0.15, -0.1) is 11.6 Å². The molecule has 0 radical (unpaired) electrons. The molecule has 1 atom stereocenters. The monoisotopic (exact) mass is 342 g/mol. The van der Waals surface area contributed by atoms with Gasteiger partial charge in [0.25, 0.3) is 0 Å². The molecule has 0 aliphatic carbocycles. The van der Waals surface area contributed by atoms with E-state index in [-0.39, 0.29) is 46.6 Å². The molecule has 0 bridgehead atoms. The molecule has 128 valence electrons. The summed E-state index contributed by atoms with van der Waals surface area (Å²) < 4.78 is 4.58. The summed E-state index contributed by atoms with van der Waals surface area (Å²) in [7, 11) is 1.24. The largest absolute Gasteiger partial charge is 0.508 e. The first-order chi connectivity index (χ1) is 10.8. The number of phenols is 2. The number of carbonyl (C=O) groups excluding carboxylic acids is 2. The third kappa shape index (κ3) is 6.48. The van der Waals surface area contributed by atoms with Crippen LogP contribution in [0, 0.1) is 0 Å². The van der Waals surface area contributed by atoms with Gasteiger partial charge in [0.1, 0.15) is 11.5 Å². The predicted molar refractivity (Wildman–Crippen MR) is 88.2 cm³/mol. The molecule has 6 heteroatoms. The van der Waals surface area contributed by atoms with Crippen molar-refractivity contribution in [2.75, 3.05) is 7.11 Å². The quantitative estimate of drug-likeness (QED) is 0.310. The number of ketones is 1. The Morgan fingerprint density at radius 3 is 2.52 bits per heavy atom. The standard InChI is InChI=1S/C17H23ClO5/c1-11(18)6-4-3-5-7-14(20)17-12(9-16(22)23-2)8-13(19)10-15(17)21/h8,10-11,19,21H,3-7,9H2,1-2H3. The third-order valence-electron chi connectivity index (χ3n) is 3.53. The molecule has 23 heavy (non-hydrogen) atoms. The molecule has 0 saturated carbocycles. The van der Waals surface area contributed by atoms with Crippen LogP contribution in [0.25, 0.3) is 0 Å². The molecule has 0 fully saturated rings. The first kappa shape index (κ1) is 19.3. The Labute approximate surface area is 141 Å². The van der Waals surface area contributed by atoms with Crippen molar-refractivity contribution in [1.82, 2.24) is 0 Å². The minimum Gasteiger partial charge on any atom is -0.508 e. The Bertz CT molecular complexity index is 554. The Morgan fingerprint density at radius 1 is 1.22 bits per heavy atom. The number of hydrogen-bond acceptors (Lipinski definition) is 5. The van der Waals surface area contributed by atoms with Gasteiger partial charge in [0.2, 0.25) is 0 Å². The lowest BCUT2D eigenvalue weighted by Gasteiger charge is -2.11. The van der Waals surface area contributed by atoms with Crippen molar-refractivity contribution in [3.8, 4) is 11.5 Å². The van der Waals surface area contributed by atoms with Crippen LogP contribution in [0.2, 0.25) is 0 Å². The van der Waals surface area contributed by atoms with Gasteiger partial charge in [0.15, 0.2) is 5.78 Å². The van der Waals surface area contributed by atoms with Crippen LogP contribution in [-0.4, -0.2) is 34.5 Å². The van der Waals surface area contributed by atoms with E-state index in [2.05, 4.69) is 4.74 Å². The van der Waals surface area contributed by atoms with Crippen LogP contribution >= 0.6 is 11.6 Å². The second kappa shape index (κ2) is 9.40. The number of alkyl halides is 1. The van der Waals surface area contributed by atoms with Gasteiger partial charge in [-0.1, -0.05) is 12.8 Å². The topological polar surface area (TPSA) is 83.8 Å². The molecule has 1 aromatic rings. The molecule has 1 aromatic carbocycles. The van der Waals surface area contributed by atoms with Crippen LogP contribution in [0.5, 0.6) is 11.5 Å². The van der Waals surface area contributed by atoms with E-state index in [1.165, 1.54) is 13.2 Å². The first-order valence-electron chi connectivity index (χ1n) is 7.64. The lowest BCUT2D eigenvalue weighted by atomic mass is 9.96. The van der Waals surface area contributed by atoms with Crippen molar-refractivity contribution in [2.45, 2.75) is 50.8 Å². The number of benzene rings is 1. The number of ether oxygens (including phenoxy) is 1. The molecule has 0 saturated heterocycles. The van der Waals surface area contributed by atoms with Gasteiger partial charge in [0, 0.05) is 17.9 Å². The normalized spacial score (nSPS) is 12.0. The van der Waals surface area contributed by atoms with Gasteiger partial charge in [-0.05, 0) is 31.4 Å². The molecule has 0 amide bonds. The smallest absolute Gasteiger partial charge is 0.310 e. The third-order valence-corrected chi connectivity index (χ3v) is 3.75. The van der Waals surface area contributed by atoms with Crippen LogP contribution in [0.4, 0.5) is 0 Å². The SMILES string of the molecule is COC(=O)Cc1cc(O)cc(O)c1C(=O)CCCCCC(C)Cl. The van der Waals surface area contributed by atoms with Gasteiger partial charge in [-0.3, -0.25) is 9.59 Å². The molecule has 0 heterocycles. The van der Waals surface area contributed by atoms with E-state index in [0.717, 1.165) is 25.3 Å². The van der Waals surface area contributed by atoms with Crippen molar-refractivity contribution in [3.05, 3.63) is 23.3 Å². The van der Waals surface area contributed by atoms with Crippen molar-refractivity contribution < 1.29 is 24.5 Å². The minimum atomic E-state index is -0.542. The number of esters is 1. The number of aromatic hydroxyl groups is 2. The molecule has 0 aliphatic heterocycles. The number of unbranched alkanes of at least 4 members (excludes halogenated alkanes) is 2. The predicted octanol–water partition coefficient (Wildman–Crippen LogP) is 3.57. The van der Waals surface area contributed by atoms with Crippen LogP contribution in [-0.2, 0) is 16.0 Å². The number of rotatable bonds is 9. The number of phenolic OH excluding ortho intramolecular Hbond substituents is 2. The van der Waals surface area contributed by atoms with Crippen LogP contribution in [0.1, 0.15) is 54.9 Å². The molecular weight excluding hydrogens is 320 g/mol. The summed E-state index contributed by atoms with van der Waals surface area (Å²) in [4.78, 5) is 23.8. The minimum absolute atomic E-state index is 0.0823. The zero-order valence-electron chi connectivity index (χ0n) is 13.5. The molecule has 1 rings (SSSR count). The highest BCUT2D eigenvalue weighted by atomic mass is 35.5. The number of Topliss-reactive ketones (excluding diaryl/α,β-unsaturated/α-hetero) is 1. The van der Waals surface area contributed by atoms with E-state index in [0.29, 0.717) is 6.42 Å². The van der Waals surface area contributed by atoms with Crippen LogP contribution < -0.4 is 0 Å². The fourth-order valence-electron chi connectivity index (χ4n) is 2.37. The van der Waals surface area contributed by atoms with Crippen molar-refractivity contribution in [3.63, 3.8) is 0 Å². The van der Waals surface area contributed by atoms with Crippen molar-refractivity contribution >= 4 is 23.4 Å². The van der Waals surface area contributed by atoms with Crippen LogP contribution in [0.15, 0.2) is 12.1 Å². The Balaban J connectivity index is 2.76. The van der Waals surface area contributed by atoms with Crippen molar-refractivity contribution in [2.24, 2.45) is 0 Å². The number of halogens is 1. The van der Waals surface area contributed by atoms with E-state index in [1.807, 2.05) is 6.92 Å². The summed E-state index contributed by atoms with van der Waals surface area (Å²) in [6, 6.07) is 2.40. The van der Waals surface area contributed by atoms with Gasteiger partial charge in [-0.2, -0.15) is 0 Å². The van der Waals surface area contributed by atoms with E-state index in [9.17, 15) is 19.8 Å². The summed E-state index contributed by atoms with van der Waals surface area (Å²) >= 11 is 5.87. The zero-order valence-corrected chi connectivity index (χ0v) is 14.2. The van der Waals surface area contributed by atoms with Gasteiger partial charge in [0.05, 0.1) is 19.1 Å². The molecular formula is C17H23ClO5. The molecule has 1 unspecified atom stereocenters. The van der Waals surface area contributed by atoms with Crippen molar-refractivity contribution in [1.29, 1.82) is 0 Å². The average molecular weight is 343 g/mol. The van der Waals surface area contributed by atoms with Crippen LogP contribution in [0.3, 0.4) is 0 Å². The second-order valence-electron chi connectivity index (χ2n) is 5.56. The molecule has 0 aliphatic rings. The lowest BCUT2D eigenvalue weighted by Crippen LogP contribution is -2.10. The Kier molecular flexibility index (Phi) is 7.89. The summed E-state index contributed by atoms with van der Waals surface area (Å²) in [5.74, 6) is -1.31. The highest BCUT2D eigenvalue weighted by Crippen LogP contribution is 2.29. The zero-order chi connectivity index (χ0) is 17.4. The fourth-order valence-corrected chi connectivity index (χ4v) is 2.53. The summed E-state index contributed by atoms with van der Waals surface area (Å²) in [5, 5.41) is 19.6. The highest BCUT2D eigenvalue weighted by molar-refractivity contribution is 6.20. The lowest BCUT2D eigenvalue weighted by molar-refractivity contribution is -0.139. The van der Waals surface area contributed by atoms with E-state index in [4.69, 9.17) is 11.6 Å². The number of methoxy groups -OCH3 is 1. The van der Waals surface area contributed by atoms with Gasteiger partial charge < -0.3 is 14.9 Å². The first-order valence-corrected chi connectivity index (χ1v) is 8.07. The fraction of sp³-hybridized carbons (Fsp3) is 0.529. The summed E-state index contributed by atoms with van der Waals surface area (Å²) in [6.45, 7) is 1.93. The van der Waals surface area contributed by atoms with E-state index < -0.39 is 5.97 Å². The highest BCUT2D eigenvalue weighted by Gasteiger charge is 2.19. The maximum atomic E-state index is 12.3. The second-order valence-corrected chi connectivity index (χ2v) is 6.30. The maximum absolute atomic E-state index is 12.3. The Hall–Kier alpha value is -1.75. The number of hydrogen-bond donors (Lipinski definition) is 2. The number of carbonyl (C=O) groups is 2. The summed E-state index contributed by atoms with van der Waals surface area (Å²) in [5.41, 5.74) is 0.354.